The third-order valence-corrected chi connectivity index (χ3v) is 5.73. The summed E-state index contributed by atoms with van der Waals surface area (Å²) in [7, 11) is 0. The predicted octanol–water partition coefficient (Wildman–Crippen LogP) is 5.02. The van der Waals surface area contributed by atoms with Crippen molar-refractivity contribution >= 4 is 23.9 Å². The summed E-state index contributed by atoms with van der Waals surface area (Å²) in [6.45, 7) is 4.22. The van der Waals surface area contributed by atoms with E-state index in [9.17, 15) is 9.59 Å². The number of carbonyl (C=O) groups is 2. The lowest BCUT2D eigenvalue weighted by molar-refractivity contribution is -0.118. The minimum absolute atomic E-state index is 0.00438. The maximum Gasteiger partial charge on any atom is 0.217 e. The molecule has 0 aliphatic heterocycles. The molecule has 0 heterocycles. The highest BCUT2D eigenvalue weighted by Crippen LogP contribution is 2.37. The zero-order valence-corrected chi connectivity index (χ0v) is 17.6. The summed E-state index contributed by atoms with van der Waals surface area (Å²) >= 11 is 6.45. The number of nitrogens with two attached hydrogens (primary N) is 1. The van der Waals surface area contributed by atoms with E-state index in [0.717, 1.165) is 53.9 Å². The monoisotopic (exact) mass is 402 g/mol. The summed E-state index contributed by atoms with van der Waals surface area (Å²) in [4.78, 5) is 22.3. The molecule has 1 unspecified atom stereocenters. The van der Waals surface area contributed by atoms with Gasteiger partial charge in [0.1, 0.15) is 0 Å². The van der Waals surface area contributed by atoms with Crippen LogP contribution in [0.5, 0.6) is 0 Å². The Morgan fingerprint density at radius 2 is 2.07 bits per heavy atom. The highest BCUT2D eigenvalue weighted by Gasteiger charge is 2.23. The number of nitrogens with one attached hydrogen (secondary N) is 1. The van der Waals surface area contributed by atoms with Crippen LogP contribution in [0.25, 0.3) is 0 Å². The largest absolute Gasteiger partial charge is 0.370 e. The van der Waals surface area contributed by atoms with Gasteiger partial charge in [0.15, 0.2) is 0 Å². The number of amides is 2. The fraction of sp³-hybridized carbons (Fsp3) is 0.478. The Balaban J connectivity index is 2.28. The lowest BCUT2D eigenvalue weighted by Gasteiger charge is -2.21. The van der Waals surface area contributed by atoms with Crippen molar-refractivity contribution in [3.63, 3.8) is 0 Å². The molecular weight excluding hydrogens is 372 g/mol. The Morgan fingerprint density at radius 1 is 1.32 bits per heavy atom. The summed E-state index contributed by atoms with van der Waals surface area (Å²) in [6.07, 6.45) is 11.0. The van der Waals surface area contributed by atoms with Crippen LogP contribution in [-0.4, -0.2) is 12.3 Å². The molecule has 3 N–H and O–H groups in total. The van der Waals surface area contributed by atoms with E-state index in [0.29, 0.717) is 12.3 Å². The van der Waals surface area contributed by atoms with E-state index >= 15 is 0 Å². The molecule has 2 rings (SSSR count). The normalized spacial score (nSPS) is 16.0. The average Bonchev–Trinajstić information content (AvgIpc) is 3.50. The standard InChI is InChI=1S/C23H31ClN2O2/c1-3-17-9-12-19(14-21(17)24)20(6-4-5-7-23(25)28)22(26-15-27)13-8-16(2)18-10-11-18/h8-9,12-15,18,20H,3-7,10-11H2,1-2H3,(H2,25,28)(H,26,27)/b16-8+,22-13-. The Kier molecular flexibility index (Phi) is 8.78. The topological polar surface area (TPSA) is 72.2 Å². The Hall–Kier alpha value is -2.07. The number of rotatable bonds is 12. The van der Waals surface area contributed by atoms with Gasteiger partial charge >= 0.3 is 0 Å². The van der Waals surface area contributed by atoms with Gasteiger partial charge < -0.3 is 11.1 Å². The van der Waals surface area contributed by atoms with E-state index in [4.69, 9.17) is 17.3 Å². The maximum atomic E-state index is 11.3. The van der Waals surface area contributed by atoms with Gasteiger partial charge in [0.25, 0.3) is 0 Å². The van der Waals surface area contributed by atoms with Gasteiger partial charge in [-0.25, -0.2) is 0 Å². The summed E-state index contributed by atoms with van der Waals surface area (Å²) in [6, 6.07) is 6.13. The number of hydrogen-bond acceptors (Lipinski definition) is 2. The van der Waals surface area contributed by atoms with E-state index in [2.05, 4.69) is 37.4 Å². The van der Waals surface area contributed by atoms with Crippen LogP contribution in [0.3, 0.4) is 0 Å². The van der Waals surface area contributed by atoms with E-state index in [1.807, 2.05) is 12.1 Å². The molecule has 0 bridgehead atoms. The van der Waals surface area contributed by atoms with Crippen molar-refractivity contribution in [1.29, 1.82) is 0 Å². The van der Waals surface area contributed by atoms with Crippen LogP contribution in [-0.2, 0) is 16.0 Å². The average molecular weight is 403 g/mol. The van der Waals surface area contributed by atoms with Crippen molar-refractivity contribution in [2.24, 2.45) is 11.7 Å². The van der Waals surface area contributed by atoms with Crippen molar-refractivity contribution in [2.75, 3.05) is 0 Å². The molecular formula is C23H31ClN2O2. The SMILES string of the molecule is CCc1ccc(C(CCCCC(N)=O)/C(=C/C=C(\C)C2CC2)NC=O)cc1Cl. The number of halogens is 1. The van der Waals surface area contributed by atoms with Gasteiger partial charge in [-0.05, 0) is 68.2 Å². The molecule has 2 amide bonds. The van der Waals surface area contributed by atoms with Crippen LogP contribution in [0, 0.1) is 5.92 Å². The van der Waals surface area contributed by atoms with Crippen molar-refractivity contribution < 1.29 is 9.59 Å². The second-order valence-corrected chi connectivity index (χ2v) is 7.95. The minimum Gasteiger partial charge on any atom is -0.370 e. The first-order chi connectivity index (χ1) is 13.5. The molecule has 0 radical (unpaired) electrons. The number of primary amides is 1. The molecule has 5 heteroatoms. The van der Waals surface area contributed by atoms with E-state index < -0.39 is 0 Å². The number of carbonyl (C=O) groups excluding carboxylic acids is 2. The van der Waals surface area contributed by atoms with Gasteiger partial charge in [-0.2, -0.15) is 0 Å². The van der Waals surface area contributed by atoms with Crippen molar-refractivity contribution in [3.05, 3.63) is 57.8 Å². The highest BCUT2D eigenvalue weighted by molar-refractivity contribution is 6.31. The summed E-state index contributed by atoms with van der Waals surface area (Å²) in [5.41, 5.74) is 9.64. The minimum atomic E-state index is -0.281. The van der Waals surface area contributed by atoms with Crippen LogP contribution < -0.4 is 11.1 Å². The summed E-state index contributed by atoms with van der Waals surface area (Å²) < 4.78 is 0. The van der Waals surface area contributed by atoms with Gasteiger partial charge in [0, 0.05) is 23.1 Å². The van der Waals surface area contributed by atoms with Gasteiger partial charge in [0.2, 0.25) is 12.3 Å². The van der Waals surface area contributed by atoms with Crippen molar-refractivity contribution in [2.45, 2.75) is 64.7 Å². The quantitative estimate of drug-likeness (QED) is 0.293. The Labute approximate surface area is 173 Å². The molecule has 0 saturated heterocycles. The van der Waals surface area contributed by atoms with Gasteiger partial charge in [-0.15, -0.1) is 0 Å². The molecule has 1 fully saturated rings. The molecule has 0 spiro atoms. The van der Waals surface area contributed by atoms with E-state index in [-0.39, 0.29) is 11.8 Å². The number of aryl methyl sites for hydroxylation is 1. The van der Waals surface area contributed by atoms with Crippen LogP contribution >= 0.6 is 11.6 Å². The Bertz CT molecular complexity index is 751. The molecule has 1 aliphatic carbocycles. The third-order valence-electron chi connectivity index (χ3n) is 5.37. The van der Waals surface area contributed by atoms with E-state index in [1.165, 1.54) is 18.4 Å². The molecule has 4 nitrogen and oxygen atoms in total. The number of unbranched alkanes of at least 4 members (excludes halogenated alkanes) is 1. The molecule has 152 valence electrons. The summed E-state index contributed by atoms with van der Waals surface area (Å²) in [5.74, 6) is 0.405. The van der Waals surface area contributed by atoms with Crippen LogP contribution in [0.15, 0.2) is 41.6 Å². The lowest BCUT2D eigenvalue weighted by atomic mass is 9.88. The fourth-order valence-corrected chi connectivity index (χ4v) is 3.77. The smallest absolute Gasteiger partial charge is 0.217 e. The molecule has 1 aromatic carbocycles. The molecule has 1 atom stereocenters. The first-order valence-corrected chi connectivity index (χ1v) is 10.5. The highest BCUT2D eigenvalue weighted by atomic mass is 35.5. The third kappa shape index (κ3) is 6.83. The van der Waals surface area contributed by atoms with Crippen molar-refractivity contribution in [1.82, 2.24) is 5.32 Å². The fourth-order valence-electron chi connectivity index (χ4n) is 3.45. The zero-order valence-electron chi connectivity index (χ0n) is 16.8. The molecule has 1 aromatic rings. The number of hydrogen-bond donors (Lipinski definition) is 2. The van der Waals surface area contributed by atoms with Gasteiger partial charge in [-0.3, -0.25) is 9.59 Å². The molecule has 0 aromatic heterocycles. The number of benzene rings is 1. The predicted molar refractivity (Wildman–Crippen MR) is 115 cm³/mol. The second kappa shape index (κ2) is 11.1. The zero-order chi connectivity index (χ0) is 20.5. The first kappa shape index (κ1) is 22.2. The van der Waals surface area contributed by atoms with E-state index in [1.54, 1.807) is 0 Å². The number of allylic oxidation sites excluding steroid dienone is 4. The van der Waals surface area contributed by atoms with Gasteiger partial charge in [-0.1, -0.05) is 48.7 Å². The summed E-state index contributed by atoms with van der Waals surface area (Å²) in [5, 5.41) is 3.64. The lowest BCUT2D eigenvalue weighted by Crippen LogP contribution is -2.18. The van der Waals surface area contributed by atoms with Crippen LogP contribution in [0.2, 0.25) is 5.02 Å². The van der Waals surface area contributed by atoms with Crippen LogP contribution in [0.4, 0.5) is 0 Å². The maximum absolute atomic E-state index is 11.3. The first-order valence-electron chi connectivity index (χ1n) is 10.1. The van der Waals surface area contributed by atoms with Gasteiger partial charge in [0.05, 0.1) is 0 Å². The van der Waals surface area contributed by atoms with Crippen molar-refractivity contribution in [3.8, 4) is 0 Å². The molecule has 1 aliphatic rings. The second-order valence-electron chi connectivity index (χ2n) is 7.54. The Morgan fingerprint density at radius 3 is 2.64 bits per heavy atom. The molecule has 1 saturated carbocycles. The molecule has 28 heavy (non-hydrogen) atoms. The van der Waals surface area contributed by atoms with Crippen LogP contribution in [0.1, 0.15) is 69.4 Å².